The molecule has 2 unspecified atom stereocenters. The molecule has 0 aliphatic heterocycles. The molecule has 0 aliphatic rings. The van der Waals surface area contributed by atoms with E-state index in [-0.39, 0.29) is 11.1 Å². The first kappa shape index (κ1) is 25.5. The van der Waals surface area contributed by atoms with Crippen molar-refractivity contribution in [3.8, 4) is 0 Å². The molecule has 162 valence electrons. The molecule has 0 amide bonds. The molecule has 2 atom stereocenters. The van der Waals surface area contributed by atoms with Crippen molar-refractivity contribution < 1.29 is 17.7 Å². The highest BCUT2D eigenvalue weighted by atomic mass is 28.4. The van der Waals surface area contributed by atoms with Gasteiger partial charge in [-0.15, -0.1) is 0 Å². The SMILES string of the molecule is CCO[Si](C)(OCC)C(CC)c1ccccc1C(CC)[Si](C)(OCC)OCC. The zero-order valence-electron chi connectivity index (χ0n) is 19.3. The summed E-state index contributed by atoms with van der Waals surface area (Å²) in [6.45, 7) is 19.9. The molecule has 1 aromatic rings. The number of hydrogen-bond acceptors (Lipinski definition) is 4. The second-order valence-electron chi connectivity index (χ2n) is 7.31. The van der Waals surface area contributed by atoms with E-state index in [0.29, 0.717) is 26.4 Å². The van der Waals surface area contributed by atoms with Crippen LogP contribution in [0.15, 0.2) is 24.3 Å². The summed E-state index contributed by atoms with van der Waals surface area (Å²) < 4.78 is 25.2. The van der Waals surface area contributed by atoms with E-state index >= 15 is 0 Å². The smallest absolute Gasteiger partial charge is 0.342 e. The van der Waals surface area contributed by atoms with Crippen LogP contribution in [0.4, 0.5) is 0 Å². The molecule has 28 heavy (non-hydrogen) atoms. The van der Waals surface area contributed by atoms with Crippen LogP contribution in [-0.4, -0.2) is 43.5 Å². The quantitative estimate of drug-likeness (QED) is 0.340. The Morgan fingerprint density at radius 2 is 0.893 bits per heavy atom. The van der Waals surface area contributed by atoms with Crippen LogP contribution in [0.3, 0.4) is 0 Å². The largest absolute Gasteiger partial charge is 0.394 e. The maximum Gasteiger partial charge on any atom is 0.342 e. The molecule has 0 heterocycles. The fraction of sp³-hybridized carbons (Fsp3) is 0.727. The first-order chi connectivity index (χ1) is 13.4. The molecule has 6 heteroatoms. The van der Waals surface area contributed by atoms with Crippen LogP contribution in [0, 0.1) is 0 Å². The Morgan fingerprint density at radius 1 is 0.607 bits per heavy atom. The van der Waals surface area contributed by atoms with Gasteiger partial charge in [0.1, 0.15) is 0 Å². The minimum atomic E-state index is -2.37. The lowest BCUT2D eigenvalue weighted by Gasteiger charge is -2.38. The first-order valence-corrected chi connectivity index (χ1v) is 15.8. The second kappa shape index (κ2) is 12.2. The van der Waals surface area contributed by atoms with E-state index < -0.39 is 17.1 Å². The molecular weight excluding hydrogens is 384 g/mol. The molecule has 0 aliphatic carbocycles. The molecule has 0 aromatic heterocycles. The molecule has 4 nitrogen and oxygen atoms in total. The van der Waals surface area contributed by atoms with Crippen LogP contribution in [0.2, 0.25) is 13.1 Å². The summed E-state index contributed by atoms with van der Waals surface area (Å²) in [7, 11) is -4.74. The van der Waals surface area contributed by atoms with Gasteiger partial charge in [0.2, 0.25) is 0 Å². The number of hydrogen-bond donors (Lipinski definition) is 0. The molecule has 0 saturated heterocycles. The zero-order chi connectivity index (χ0) is 21.2. The Kier molecular flexibility index (Phi) is 11.2. The van der Waals surface area contributed by atoms with Crippen LogP contribution in [-0.2, 0) is 17.7 Å². The average Bonchev–Trinajstić information content (AvgIpc) is 2.64. The summed E-state index contributed by atoms with van der Waals surface area (Å²) >= 11 is 0. The predicted octanol–water partition coefficient (Wildman–Crippen LogP) is 6.04. The normalized spacial score (nSPS) is 14.9. The van der Waals surface area contributed by atoms with Gasteiger partial charge in [0.05, 0.1) is 0 Å². The van der Waals surface area contributed by atoms with Crippen molar-refractivity contribution in [3.63, 3.8) is 0 Å². The van der Waals surface area contributed by atoms with Gasteiger partial charge in [-0.05, 0) is 64.8 Å². The van der Waals surface area contributed by atoms with E-state index in [9.17, 15) is 0 Å². The molecule has 0 bridgehead atoms. The van der Waals surface area contributed by atoms with Gasteiger partial charge in [-0.2, -0.15) is 0 Å². The van der Waals surface area contributed by atoms with Gasteiger partial charge in [-0.1, -0.05) is 38.1 Å². The van der Waals surface area contributed by atoms with Crippen LogP contribution in [0.1, 0.15) is 76.6 Å². The Labute approximate surface area is 175 Å². The number of benzene rings is 1. The van der Waals surface area contributed by atoms with Gasteiger partial charge >= 0.3 is 17.1 Å². The third kappa shape index (κ3) is 6.00. The highest BCUT2D eigenvalue weighted by molar-refractivity contribution is 6.68. The average molecular weight is 427 g/mol. The Bertz CT molecular complexity index is 506. The van der Waals surface area contributed by atoms with E-state index in [1.54, 1.807) is 0 Å². The topological polar surface area (TPSA) is 36.9 Å². The molecular formula is C22H42O4Si2. The summed E-state index contributed by atoms with van der Waals surface area (Å²) in [6.07, 6.45) is 2.00. The van der Waals surface area contributed by atoms with Gasteiger partial charge in [0.25, 0.3) is 0 Å². The lowest BCUT2D eigenvalue weighted by Crippen LogP contribution is -2.48. The van der Waals surface area contributed by atoms with Gasteiger partial charge in [-0.3, -0.25) is 0 Å². The van der Waals surface area contributed by atoms with E-state index in [1.165, 1.54) is 11.1 Å². The van der Waals surface area contributed by atoms with E-state index in [1.807, 2.05) is 0 Å². The van der Waals surface area contributed by atoms with Crippen molar-refractivity contribution in [3.05, 3.63) is 35.4 Å². The fourth-order valence-corrected chi connectivity index (χ4v) is 10.9. The third-order valence-electron chi connectivity index (χ3n) is 5.55. The standard InChI is InChI=1S/C22H42O4Si2/c1-9-21(27(7,23-11-3)24-12-4)19-17-15-16-18-20(19)22(10-2)28(8,25-13-5)26-14-6/h15-18,21-22H,9-14H2,1-8H3. The van der Waals surface area contributed by atoms with Crippen molar-refractivity contribution in [2.24, 2.45) is 0 Å². The minimum Gasteiger partial charge on any atom is -0.394 e. The van der Waals surface area contributed by atoms with Gasteiger partial charge in [-0.25, -0.2) is 0 Å². The third-order valence-corrected chi connectivity index (χ3v) is 13.0. The summed E-state index contributed by atoms with van der Waals surface area (Å²) in [5.41, 5.74) is 3.26. The molecule has 0 fully saturated rings. The van der Waals surface area contributed by atoms with Crippen LogP contribution >= 0.6 is 0 Å². The summed E-state index contributed by atoms with van der Waals surface area (Å²) in [6, 6.07) is 8.81. The van der Waals surface area contributed by atoms with Gasteiger partial charge in [0.15, 0.2) is 0 Å². The van der Waals surface area contributed by atoms with E-state index in [4.69, 9.17) is 17.7 Å². The monoisotopic (exact) mass is 426 g/mol. The van der Waals surface area contributed by atoms with Gasteiger partial charge < -0.3 is 17.7 Å². The zero-order valence-corrected chi connectivity index (χ0v) is 21.3. The number of rotatable bonds is 14. The van der Waals surface area contributed by atoms with E-state index in [0.717, 1.165) is 12.8 Å². The lowest BCUT2D eigenvalue weighted by atomic mass is 9.99. The van der Waals surface area contributed by atoms with Crippen molar-refractivity contribution in [1.82, 2.24) is 0 Å². The Hall–Kier alpha value is -0.506. The summed E-state index contributed by atoms with van der Waals surface area (Å²) in [5, 5.41) is 0. The molecule has 0 saturated carbocycles. The molecule has 1 aromatic carbocycles. The molecule has 0 spiro atoms. The van der Waals surface area contributed by atoms with Crippen molar-refractivity contribution in [1.29, 1.82) is 0 Å². The fourth-order valence-electron chi connectivity index (χ4n) is 4.52. The predicted molar refractivity (Wildman–Crippen MR) is 122 cm³/mol. The van der Waals surface area contributed by atoms with Crippen molar-refractivity contribution >= 4 is 17.1 Å². The highest BCUT2D eigenvalue weighted by Crippen LogP contribution is 2.40. The summed E-state index contributed by atoms with van der Waals surface area (Å²) in [4.78, 5) is 0. The van der Waals surface area contributed by atoms with E-state index in [2.05, 4.69) is 78.9 Å². The summed E-state index contributed by atoms with van der Waals surface area (Å²) in [5.74, 6) is 0. The second-order valence-corrected chi connectivity index (χ2v) is 13.9. The maximum atomic E-state index is 6.29. The van der Waals surface area contributed by atoms with Crippen molar-refractivity contribution in [2.75, 3.05) is 26.4 Å². The van der Waals surface area contributed by atoms with Crippen LogP contribution in [0.25, 0.3) is 0 Å². The lowest BCUT2D eigenvalue weighted by molar-refractivity contribution is 0.175. The minimum absolute atomic E-state index is 0.277. The maximum absolute atomic E-state index is 6.29. The Balaban J connectivity index is 3.50. The highest BCUT2D eigenvalue weighted by Gasteiger charge is 2.46. The molecule has 0 radical (unpaired) electrons. The van der Waals surface area contributed by atoms with Crippen LogP contribution in [0.5, 0.6) is 0 Å². The Morgan fingerprint density at radius 3 is 1.11 bits per heavy atom. The van der Waals surface area contributed by atoms with Crippen LogP contribution < -0.4 is 0 Å². The van der Waals surface area contributed by atoms with Gasteiger partial charge in [0, 0.05) is 37.5 Å². The van der Waals surface area contributed by atoms with Crippen molar-refractivity contribution in [2.45, 2.75) is 78.6 Å². The molecule has 0 N–H and O–H groups in total. The molecule has 1 rings (SSSR count). The first-order valence-electron chi connectivity index (χ1n) is 11.0.